The molecule has 2 aromatic carbocycles. The maximum Gasteiger partial charge on any atom is 0.290 e. The van der Waals surface area contributed by atoms with Gasteiger partial charge in [-0.3, -0.25) is 19.5 Å². The minimum Gasteiger partial charge on any atom is -0.459 e. The number of hydrogen-bond donors (Lipinski definition) is 1. The summed E-state index contributed by atoms with van der Waals surface area (Å²) in [6.07, 6.45) is 3.32. The Balaban J connectivity index is 1.63. The summed E-state index contributed by atoms with van der Waals surface area (Å²) in [5.74, 6) is -0.164. The number of nitrogens with one attached hydrogen (secondary N) is 1. The Kier molecular flexibility index (Phi) is 8.11. The van der Waals surface area contributed by atoms with Crippen LogP contribution in [0.5, 0.6) is 0 Å². The number of nitrogens with zero attached hydrogens (tertiary/aromatic N) is 4. The zero-order chi connectivity index (χ0) is 26.5. The van der Waals surface area contributed by atoms with Gasteiger partial charge in [-0.15, -0.1) is 0 Å². The van der Waals surface area contributed by atoms with E-state index in [4.69, 9.17) is 21.0 Å². The Bertz CT molecular complexity index is 1380. The number of furan rings is 1. The zero-order valence-electron chi connectivity index (χ0n) is 21.4. The van der Waals surface area contributed by atoms with Crippen LogP contribution in [0.4, 0.5) is 5.95 Å². The van der Waals surface area contributed by atoms with Gasteiger partial charge in [-0.2, -0.15) is 0 Å². The third kappa shape index (κ3) is 6.47. The summed E-state index contributed by atoms with van der Waals surface area (Å²) in [7, 11) is 3.82. The fourth-order valence-electron chi connectivity index (χ4n) is 3.77. The molecular weight excluding hydrogens is 490 g/mol. The van der Waals surface area contributed by atoms with E-state index in [1.807, 2.05) is 73.9 Å². The van der Waals surface area contributed by atoms with Crippen molar-refractivity contribution in [3.63, 3.8) is 0 Å². The molecule has 192 valence electrons. The van der Waals surface area contributed by atoms with Crippen LogP contribution in [0.2, 0.25) is 5.02 Å². The number of likely N-dealkylation sites (N-methyl/N-ethyl adjacent to an activating group) is 1. The second kappa shape index (κ2) is 11.5. The van der Waals surface area contributed by atoms with Crippen molar-refractivity contribution in [2.45, 2.75) is 13.8 Å². The summed E-state index contributed by atoms with van der Waals surface area (Å²) in [5, 5.41) is 3.54. The Labute approximate surface area is 221 Å². The van der Waals surface area contributed by atoms with Crippen LogP contribution in [-0.4, -0.2) is 64.9 Å². The molecule has 0 bridgehead atoms. The lowest BCUT2D eigenvalue weighted by atomic mass is 10.1. The summed E-state index contributed by atoms with van der Waals surface area (Å²) < 4.78 is 7.12. The molecule has 0 aliphatic carbocycles. The lowest BCUT2D eigenvalue weighted by Gasteiger charge is -2.23. The van der Waals surface area contributed by atoms with Gasteiger partial charge in [0, 0.05) is 35.6 Å². The van der Waals surface area contributed by atoms with Crippen molar-refractivity contribution < 1.29 is 14.0 Å². The minimum atomic E-state index is -0.364. The van der Waals surface area contributed by atoms with E-state index in [2.05, 4.69) is 5.32 Å². The zero-order valence-corrected chi connectivity index (χ0v) is 22.1. The van der Waals surface area contributed by atoms with Crippen LogP contribution in [-0.2, 0) is 4.79 Å². The van der Waals surface area contributed by atoms with Gasteiger partial charge in [-0.05, 0) is 75.5 Å². The molecule has 0 radical (unpaired) electrons. The molecule has 0 saturated carbocycles. The van der Waals surface area contributed by atoms with Crippen molar-refractivity contribution >= 4 is 29.4 Å². The summed E-state index contributed by atoms with van der Waals surface area (Å²) in [4.78, 5) is 34.3. The van der Waals surface area contributed by atoms with Crippen LogP contribution in [0.15, 0.2) is 71.5 Å². The minimum absolute atomic E-state index is 0.149. The third-order valence-electron chi connectivity index (χ3n) is 6.04. The number of aryl methyl sites for hydroxylation is 2. The van der Waals surface area contributed by atoms with Gasteiger partial charge in [0.1, 0.15) is 6.54 Å². The average Bonchev–Trinajstić information content (AvgIpc) is 3.54. The average molecular weight is 520 g/mol. The first-order chi connectivity index (χ1) is 17.7. The van der Waals surface area contributed by atoms with Crippen molar-refractivity contribution in [1.82, 2.24) is 19.4 Å². The molecule has 1 N–H and O–H groups in total. The van der Waals surface area contributed by atoms with Crippen LogP contribution in [0.1, 0.15) is 21.7 Å². The summed E-state index contributed by atoms with van der Waals surface area (Å²) in [6.45, 7) is 4.90. The maximum atomic E-state index is 13.2. The van der Waals surface area contributed by atoms with E-state index in [0.717, 1.165) is 16.8 Å². The van der Waals surface area contributed by atoms with Gasteiger partial charge in [0.15, 0.2) is 5.76 Å². The Morgan fingerprint density at radius 1 is 1.03 bits per heavy atom. The summed E-state index contributed by atoms with van der Waals surface area (Å²) in [5.41, 5.74) is 4.70. The molecule has 37 heavy (non-hydrogen) atoms. The first-order valence-corrected chi connectivity index (χ1v) is 12.3. The molecule has 4 aromatic rings. The number of amides is 2. The summed E-state index contributed by atoms with van der Waals surface area (Å²) >= 11 is 6.06. The van der Waals surface area contributed by atoms with Gasteiger partial charge in [-0.25, -0.2) is 4.98 Å². The molecule has 9 heteroatoms. The topological polar surface area (TPSA) is 83.6 Å². The fourth-order valence-corrected chi connectivity index (χ4v) is 3.89. The van der Waals surface area contributed by atoms with Gasteiger partial charge in [0.25, 0.3) is 5.91 Å². The number of hydrogen-bond acceptors (Lipinski definition) is 5. The highest BCUT2D eigenvalue weighted by Gasteiger charge is 2.22. The largest absolute Gasteiger partial charge is 0.459 e. The van der Waals surface area contributed by atoms with Crippen LogP contribution in [0, 0.1) is 13.8 Å². The molecule has 0 fully saturated rings. The number of halogens is 1. The number of anilines is 1. The Hall–Kier alpha value is -3.88. The molecule has 2 amide bonds. The highest BCUT2D eigenvalue weighted by molar-refractivity contribution is 6.30. The molecule has 0 spiro atoms. The molecule has 0 aliphatic heterocycles. The van der Waals surface area contributed by atoms with E-state index in [1.165, 1.54) is 16.7 Å². The number of carbonyl (C=O) groups excluding carboxylic acids is 2. The van der Waals surface area contributed by atoms with E-state index in [-0.39, 0.29) is 24.1 Å². The van der Waals surface area contributed by atoms with Crippen LogP contribution in [0.25, 0.3) is 16.9 Å². The standard InChI is InChI=1S/C28H30ClN5O3/c1-19-7-12-23(16-20(19)2)34-17-24(21-8-10-22(29)11-9-21)30-28(34)31-26(35)18-33(14-13-32(3)4)27(36)25-6-5-15-37-25/h5-12,15-17H,13-14,18H2,1-4H3,(H,30,31,35). The van der Waals surface area contributed by atoms with Gasteiger partial charge in [0.2, 0.25) is 11.9 Å². The van der Waals surface area contributed by atoms with E-state index in [0.29, 0.717) is 29.8 Å². The summed E-state index contributed by atoms with van der Waals surface area (Å²) in [6, 6.07) is 16.7. The van der Waals surface area contributed by atoms with E-state index in [9.17, 15) is 9.59 Å². The smallest absolute Gasteiger partial charge is 0.290 e. The van der Waals surface area contributed by atoms with E-state index < -0.39 is 0 Å². The molecule has 0 saturated heterocycles. The molecule has 8 nitrogen and oxygen atoms in total. The second-order valence-corrected chi connectivity index (χ2v) is 9.59. The van der Waals surface area contributed by atoms with Gasteiger partial charge >= 0.3 is 0 Å². The van der Waals surface area contributed by atoms with Gasteiger partial charge in [0.05, 0.1) is 12.0 Å². The van der Waals surface area contributed by atoms with Gasteiger partial charge < -0.3 is 14.2 Å². The highest BCUT2D eigenvalue weighted by Crippen LogP contribution is 2.26. The normalized spacial score (nSPS) is 11.1. The molecule has 2 aromatic heterocycles. The number of aromatic nitrogens is 2. The molecule has 0 aliphatic rings. The Morgan fingerprint density at radius 2 is 1.78 bits per heavy atom. The Morgan fingerprint density at radius 3 is 2.43 bits per heavy atom. The SMILES string of the molecule is Cc1ccc(-n2cc(-c3ccc(Cl)cc3)nc2NC(=O)CN(CCN(C)C)C(=O)c2ccco2)cc1C. The first kappa shape index (κ1) is 26.2. The van der Waals surface area contributed by atoms with Crippen molar-refractivity contribution in [2.24, 2.45) is 0 Å². The van der Waals surface area contributed by atoms with Crippen LogP contribution >= 0.6 is 11.6 Å². The molecule has 0 unspecified atom stereocenters. The third-order valence-corrected chi connectivity index (χ3v) is 6.29. The number of imidazole rings is 1. The van der Waals surface area contributed by atoms with Crippen molar-refractivity contribution in [1.29, 1.82) is 0 Å². The number of benzene rings is 2. The quantitative estimate of drug-likeness (QED) is 0.335. The van der Waals surface area contributed by atoms with E-state index >= 15 is 0 Å². The maximum absolute atomic E-state index is 13.2. The number of carbonyl (C=O) groups is 2. The molecule has 2 heterocycles. The van der Waals surface area contributed by atoms with Crippen LogP contribution < -0.4 is 5.32 Å². The first-order valence-electron chi connectivity index (χ1n) is 11.9. The number of rotatable bonds is 9. The van der Waals surface area contributed by atoms with Crippen LogP contribution in [0.3, 0.4) is 0 Å². The predicted octanol–water partition coefficient (Wildman–Crippen LogP) is 5.05. The van der Waals surface area contributed by atoms with E-state index in [1.54, 1.807) is 24.3 Å². The van der Waals surface area contributed by atoms with Gasteiger partial charge in [-0.1, -0.05) is 29.8 Å². The molecular formula is C28H30ClN5O3. The van der Waals surface area contributed by atoms with Crippen molar-refractivity contribution in [2.75, 3.05) is 39.0 Å². The fraction of sp³-hybridized carbons (Fsp3) is 0.250. The predicted molar refractivity (Wildman–Crippen MR) is 145 cm³/mol. The lowest BCUT2D eigenvalue weighted by molar-refractivity contribution is -0.117. The monoisotopic (exact) mass is 519 g/mol. The highest BCUT2D eigenvalue weighted by atomic mass is 35.5. The molecule has 4 rings (SSSR count). The van der Waals surface area contributed by atoms with Crippen molar-refractivity contribution in [3.8, 4) is 16.9 Å². The molecule has 0 atom stereocenters. The second-order valence-electron chi connectivity index (χ2n) is 9.15. The van der Waals surface area contributed by atoms with Crippen molar-refractivity contribution in [3.05, 3.63) is 89.0 Å². The lowest BCUT2D eigenvalue weighted by Crippen LogP contribution is -2.41.